The van der Waals surface area contributed by atoms with Crippen LogP contribution in [0.1, 0.15) is 58.4 Å². The summed E-state index contributed by atoms with van der Waals surface area (Å²) in [6.07, 6.45) is -12.4. The summed E-state index contributed by atoms with van der Waals surface area (Å²) in [6, 6.07) is 34.0. The Balaban J connectivity index is 1.36. The van der Waals surface area contributed by atoms with Crippen LogP contribution in [0.3, 0.4) is 0 Å². The predicted molar refractivity (Wildman–Crippen MR) is 222 cm³/mol. The highest BCUT2D eigenvalue weighted by Gasteiger charge is 2.41. The molecule has 2 atom stereocenters. The Hall–Kier alpha value is -5.52. The predicted octanol–water partition coefficient (Wildman–Crippen LogP) is 13.6. The third kappa shape index (κ3) is 11.4. The molecule has 3 nitrogen and oxygen atoms in total. The van der Waals surface area contributed by atoms with Crippen LogP contribution in [0.5, 0.6) is 11.5 Å². The van der Waals surface area contributed by atoms with Crippen LogP contribution in [0.15, 0.2) is 121 Å². The number of methoxy groups -OCH3 is 2. The Labute approximate surface area is 350 Å². The van der Waals surface area contributed by atoms with Gasteiger partial charge in [-0.2, -0.15) is 26.3 Å². The molecule has 0 saturated heterocycles. The molecule has 0 radical (unpaired) electrons. The van der Waals surface area contributed by atoms with Gasteiger partial charge in [0.1, 0.15) is 23.1 Å². The van der Waals surface area contributed by atoms with E-state index in [4.69, 9.17) is 14.2 Å². The van der Waals surface area contributed by atoms with Gasteiger partial charge in [-0.3, -0.25) is 0 Å². The number of aryl methyl sites for hydroxylation is 2. The van der Waals surface area contributed by atoms with Gasteiger partial charge in [0, 0.05) is 51.0 Å². The highest BCUT2D eigenvalue weighted by molar-refractivity contribution is 5.66. The zero-order valence-corrected chi connectivity index (χ0v) is 34.2. The average Bonchev–Trinajstić information content (AvgIpc) is 3.23. The van der Waals surface area contributed by atoms with Crippen molar-refractivity contribution in [3.8, 4) is 33.8 Å². The van der Waals surface area contributed by atoms with Gasteiger partial charge < -0.3 is 14.2 Å². The maximum absolute atomic E-state index is 15.0. The summed E-state index contributed by atoms with van der Waals surface area (Å²) >= 11 is 0. The molecule has 2 unspecified atom stereocenters. The van der Waals surface area contributed by atoms with Crippen molar-refractivity contribution < 1.29 is 49.3 Å². The van der Waals surface area contributed by atoms with Gasteiger partial charge in [0.25, 0.3) is 0 Å². The Bertz CT molecular complexity index is 2240. The first-order valence-electron chi connectivity index (χ1n) is 19.9. The smallest absolute Gasteiger partial charge is 0.414 e. The molecule has 6 rings (SSSR count). The van der Waals surface area contributed by atoms with Crippen molar-refractivity contribution in [2.24, 2.45) is 0 Å². The molecule has 0 spiro atoms. The van der Waals surface area contributed by atoms with E-state index in [9.17, 15) is 35.1 Å². The van der Waals surface area contributed by atoms with E-state index < -0.39 is 37.4 Å². The minimum atomic E-state index is -4.61. The molecule has 0 amide bonds. The van der Waals surface area contributed by atoms with Crippen LogP contribution in [0.25, 0.3) is 22.3 Å². The van der Waals surface area contributed by atoms with E-state index in [0.29, 0.717) is 68.8 Å². The summed E-state index contributed by atoms with van der Waals surface area (Å²) in [5, 5.41) is 0. The van der Waals surface area contributed by atoms with Crippen LogP contribution in [-0.4, -0.2) is 38.8 Å². The molecule has 61 heavy (non-hydrogen) atoms. The van der Waals surface area contributed by atoms with Gasteiger partial charge in [0.2, 0.25) is 0 Å². The zero-order chi connectivity index (χ0) is 43.9. The van der Waals surface area contributed by atoms with Crippen LogP contribution >= 0.6 is 0 Å². The van der Waals surface area contributed by atoms with E-state index in [0.717, 1.165) is 36.5 Å². The van der Waals surface area contributed by atoms with Crippen LogP contribution < -0.4 is 4.74 Å². The molecule has 320 valence electrons. The van der Waals surface area contributed by atoms with Gasteiger partial charge in [0.05, 0.1) is 0 Å². The van der Waals surface area contributed by atoms with E-state index in [2.05, 4.69) is 0 Å². The van der Waals surface area contributed by atoms with Crippen molar-refractivity contribution >= 4 is 0 Å². The Morgan fingerprint density at radius 3 is 1.10 bits per heavy atom. The topological polar surface area (TPSA) is 27.7 Å². The van der Waals surface area contributed by atoms with Crippen LogP contribution in [-0.2, 0) is 48.0 Å². The molecular weight excluding hydrogens is 801 g/mol. The van der Waals surface area contributed by atoms with Crippen molar-refractivity contribution in [2.45, 2.75) is 76.9 Å². The molecule has 0 aliphatic rings. The van der Waals surface area contributed by atoms with Gasteiger partial charge in [-0.1, -0.05) is 111 Å². The van der Waals surface area contributed by atoms with E-state index in [1.165, 1.54) is 24.3 Å². The molecule has 0 N–H and O–H groups in total. The highest BCUT2D eigenvalue weighted by atomic mass is 19.4. The largest absolute Gasteiger partial charge is 0.457 e. The summed E-state index contributed by atoms with van der Waals surface area (Å²) in [7, 11) is 2.00. The minimum absolute atomic E-state index is 0.218. The van der Waals surface area contributed by atoms with Crippen LogP contribution in [0.4, 0.5) is 35.1 Å². The van der Waals surface area contributed by atoms with Crippen molar-refractivity contribution in [1.29, 1.82) is 0 Å². The molecule has 0 bridgehead atoms. The van der Waals surface area contributed by atoms with Crippen molar-refractivity contribution in [3.63, 3.8) is 0 Å². The van der Waals surface area contributed by atoms with Crippen molar-refractivity contribution in [2.75, 3.05) is 14.2 Å². The molecule has 11 heteroatoms. The second-order valence-corrected chi connectivity index (χ2v) is 15.0. The molecule has 0 fully saturated rings. The van der Waals surface area contributed by atoms with Crippen molar-refractivity contribution in [3.05, 3.63) is 177 Å². The fourth-order valence-corrected chi connectivity index (χ4v) is 7.28. The minimum Gasteiger partial charge on any atom is -0.457 e. The Morgan fingerprint density at radius 1 is 0.443 bits per heavy atom. The van der Waals surface area contributed by atoms with Gasteiger partial charge in [-0.05, 0) is 92.7 Å². The molecular formula is C50H46F8O3. The number of rotatable bonds is 16. The van der Waals surface area contributed by atoms with Gasteiger partial charge in [-0.15, -0.1) is 0 Å². The fraction of sp³-hybridized carbons (Fsp3) is 0.280. The lowest BCUT2D eigenvalue weighted by Crippen LogP contribution is -2.32. The lowest BCUT2D eigenvalue weighted by molar-refractivity contribution is -0.212. The number of benzene rings is 6. The van der Waals surface area contributed by atoms with E-state index in [-0.39, 0.29) is 24.5 Å². The second kappa shape index (κ2) is 19.5. The summed E-state index contributed by atoms with van der Waals surface area (Å²) in [6.45, 7) is 3.88. The average molecular weight is 847 g/mol. The van der Waals surface area contributed by atoms with Crippen LogP contribution in [0.2, 0.25) is 0 Å². The van der Waals surface area contributed by atoms with E-state index >= 15 is 0 Å². The molecule has 6 aromatic carbocycles. The van der Waals surface area contributed by atoms with Gasteiger partial charge >= 0.3 is 12.4 Å². The number of ether oxygens (including phenoxy) is 3. The maximum atomic E-state index is 15.0. The lowest BCUT2D eigenvalue weighted by atomic mass is 9.96. The summed E-state index contributed by atoms with van der Waals surface area (Å²) in [5.41, 5.74) is 7.20. The highest BCUT2D eigenvalue weighted by Crippen LogP contribution is 2.36. The Morgan fingerprint density at radius 2 is 0.787 bits per heavy atom. The lowest BCUT2D eigenvalue weighted by Gasteiger charge is -2.21. The second-order valence-electron chi connectivity index (χ2n) is 15.0. The van der Waals surface area contributed by atoms with Crippen molar-refractivity contribution in [1.82, 2.24) is 0 Å². The normalized spacial score (nSPS) is 13.0. The van der Waals surface area contributed by atoms with Crippen LogP contribution in [0, 0.1) is 11.6 Å². The van der Waals surface area contributed by atoms with Gasteiger partial charge in [-0.25, -0.2) is 8.78 Å². The number of hydrogen-bond donors (Lipinski definition) is 0. The zero-order valence-electron chi connectivity index (χ0n) is 34.2. The molecule has 0 aliphatic carbocycles. The summed E-state index contributed by atoms with van der Waals surface area (Å²) in [5.74, 6) is -0.0689. The quantitative estimate of drug-likeness (QED) is 0.0908. The third-order valence-electron chi connectivity index (χ3n) is 10.8. The first kappa shape index (κ1) is 45.0. The Kier molecular flexibility index (Phi) is 14.4. The standard InChI is InChI=1S/C50H46F8O3/c1-5-31-11-19-41(43(51)27-31)37-15-7-33(8-16-37)23-39-25-35(29-47(59-3)49(53,54)55)13-21-45(39)61-46-22-14-36(30-48(60-4)50(56,57)58)26-40(46)24-34-9-17-38(18-10-34)42-20-12-32(6-2)28-44(42)52/h7-22,25-28,47-48H,5-6,23-24,29-30H2,1-4H3. The molecule has 0 saturated carbocycles. The molecule has 0 heterocycles. The maximum Gasteiger partial charge on any atom is 0.414 e. The third-order valence-corrected chi connectivity index (χ3v) is 10.8. The van der Waals surface area contributed by atoms with E-state index in [1.807, 2.05) is 50.2 Å². The number of hydrogen-bond acceptors (Lipinski definition) is 3. The monoisotopic (exact) mass is 846 g/mol. The fourth-order valence-electron chi connectivity index (χ4n) is 7.28. The molecule has 0 aliphatic heterocycles. The first-order valence-corrected chi connectivity index (χ1v) is 19.9. The van der Waals surface area contributed by atoms with E-state index in [1.54, 1.807) is 60.7 Å². The summed E-state index contributed by atoms with van der Waals surface area (Å²) in [4.78, 5) is 0. The molecule has 0 aromatic heterocycles. The first-order chi connectivity index (χ1) is 29.1. The number of alkyl halides is 6. The van der Waals surface area contributed by atoms with Gasteiger partial charge in [0.15, 0.2) is 12.2 Å². The number of halogens is 8. The summed E-state index contributed by atoms with van der Waals surface area (Å²) < 4.78 is 129. The molecule has 6 aromatic rings. The SMILES string of the molecule is CCc1ccc(-c2ccc(Cc3cc(CC(OC)C(F)(F)F)ccc3Oc3ccc(CC(OC)C(F)(F)F)cc3Cc3ccc(-c4ccc(CC)cc4F)cc3)cc2)c(F)c1.